The molecule has 0 aromatic heterocycles. The van der Waals surface area contributed by atoms with E-state index in [1.165, 1.54) is 0 Å². The molecule has 0 spiro atoms. The highest BCUT2D eigenvalue weighted by atomic mass is 127. The van der Waals surface area contributed by atoms with Gasteiger partial charge < -0.3 is 5.32 Å². The van der Waals surface area contributed by atoms with Gasteiger partial charge in [0.25, 0.3) is 5.91 Å². The summed E-state index contributed by atoms with van der Waals surface area (Å²) in [5.41, 5.74) is 1.83. The highest BCUT2D eigenvalue weighted by Crippen LogP contribution is 2.17. The number of carbonyl (C=O) groups is 1. The molecule has 0 bridgehead atoms. The van der Waals surface area contributed by atoms with Gasteiger partial charge in [-0.2, -0.15) is 0 Å². The molecule has 1 N–H and O–H groups in total. The molecule has 26 heavy (non-hydrogen) atoms. The first-order valence-electron chi connectivity index (χ1n) is 7.88. The van der Waals surface area contributed by atoms with Gasteiger partial charge in [-0.05, 0) is 76.7 Å². The Balaban J connectivity index is 1.70. The number of nitrogens with one attached hydrogen (secondary N) is 1. The lowest BCUT2D eigenvalue weighted by Gasteiger charge is -2.07. The molecule has 0 aliphatic heterocycles. The highest BCUT2D eigenvalue weighted by Gasteiger charge is 2.15. The lowest BCUT2D eigenvalue weighted by atomic mass is 10.1. The van der Waals surface area contributed by atoms with Crippen molar-refractivity contribution in [1.82, 2.24) is 0 Å². The molecule has 3 aromatic carbocycles. The molecule has 0 saturated heterocycles. The molecule has 3 rings (SSSR count). The zero-order chi connectivity index (χ0) is 18.6. The van der Waals surface area contributed by atoms with Crippen molar-refractivity contribution in [2.24, 2.45) is 0 Å². The Hall–Kier alpha value is -2.19. The van der Waals surface area contributed by atoms with Crippen LogP contribution in [0.3, 0.4) is 0 Å². The quantitative estimate of drug-likeness (QED) is 0.550. The second-order valence-electron chi connectivity index (χ2n) is 5.73. The maximum Gasteiger partial charge on any atom is 0.255 e. The fourth-order valence-corrected chi connectivity index (χ4v) is 4.15. The SMILES string of the molecule is O=C(Nc1ccc(I)cc1)c1ccc(CS(=O)(=O)c2ccccc2)cc1. The minimum absolute atomic E-state index is 0.101. The Morgan fingerprint density at radius 2 is 1.46 bits per heavy atom. The molecule has 4 nitrogen and oxygen atoms in total. The number of hydrogen-bond acceptors (Lipinski definition) is 3. The van der Waals surface area contributed by atoms with Crippen molar-refractivity contribution >= 4 is 44.0 Å². The minimum Gasteiger partial charge on any atom is -0.322 e. The van der Waals surface area contributed by atoms with Gasteiger partial charge in [0.1, 0.15) is 0 Å². The van der Waals surface area contributed by atoms with E-state index >= 15 is 0 Å². The van der Waals surface area contributed by atoms with Gasteiger partial charge >= 0.3 is 0 Å². The zero-order valence-corrected chi connectivity index (χ0v) is 16.7. The van der Waals surface area contributed by atoms with Gasteiger partial charge in [-0.25, -0.2) is 8.42 Å². The summed E-state index contributed by atoms with van der Waals surface area (Å²) in [6.45, 7) is 0. The van der Waals surface area contributed by atoms with Crippen LogP contribution in [0.15, 0.2) is 83.8 Å². The molecule has 132 valence electrons. The van der Waals surface area contributed by atoms with Crippen molar-refractivity contribution < 1.29 is 13.2 Å². The Morgan fingerprint density at radius 1 is 0.846 bits per heavy atom. The van der Waals surface area contributed by atoms with Crippen molar-refractivity contribution in [2.45, 2.75) is 10.6 Å². The molecule has 0 saturated carbocycles. The maximum atomic E-state index is 12.4. The van der Waals surface area contributed by atoms with E-state index in [9.17, 15) is 13.2 Å². The lowest BCUT2D eigenvalue weighted by molar-refractivity contribution is 0.102. The Labute approximate surface area is 166 Å². The Kier molecular flexibility index (Phi) is 5.73. The van der Waals surface area contributed by atoms with Crippen molar-refractivity contribution in [3.63, 3.8) is 0 Å². The van der Waals surface area contributed by atoms with Gasteiger partial charge in [0, 0.05) is 14.8 Å². The number of halogens is 1. The maximum absolute atomic E-state index is 12.4. The third-order valence-electron chi connectivity index (χ3n) is 3.78. The van der Waals surface area contributed by atoms with E-state index in [4.69, 9.17) is 0 Å². The van der Waals surface area contributed by atoms with Crippen LogP contribution in [0.4, 0.5) is 5.69 Å². The average molecular weight is 477 g/mol. The fraction of sp³-hybridized carbons (Fsp3) is 0.0500. The molecule has 0 radical (unpaired) electrons. The molecule has 0 aliphatic rings. The number of benzene rings is 3. The van der Waals surface area contributed by atoms with E-state index in [0.717, 1.165) is 3.57 Å². The van der Waals surface area contributed by atoms with Crippen molar-refractivity contribution in [2.75, 3.05) is 5.32 Å². The number of rotatable bonds is 5. The molecule has 1 amide bonds. The number of sulfone groups is 1. The summed E-state index contributed by atoms with van der Waals surface area (Å²) in [6.07, 6.45) is 0. The second-order valence-corrected chi connectivity index (χ2v) is 8.97. The summed E-state index contributed by atoms with van der Waals surface area (Å²) in [4.78, 5) is 12.6. The van der Waals surface area contributed by atoms with Gasteiger partial charge in [0.15, 0.2) is 9.84 Å². The summed E-state index contributed by atoms with van der Waals surface area (Å²) in [5.74, 6) is -0.334. The summed E-state index contributed by atoms with van der Waals surface area (Å²) >= 11 is 2.20. The largest absolute Gasteiger partial charge is 0.322 e. The third-order valence-corrected chi connectivity index (χ3v) is 6.20. The summed E-state index contributed by atoms with van der Waals surface area (Å²) in [6, 6.07) is 22.4. The summed E-state index contributed by atoms with van der Waals surface area (Å²) in [5, 5.41) is 2.82. The molecular formula is C20H16INO3S. The van der Waals surface area contributed by atoms with E-state index in [1.54, 1.807) is 54.6 Å². The van der Waals surface area contributed by atoms with Crippen LogP contribution in [0.25, 0.3) is 0 Å². The smallest absolute Gasteiger partial charge is 0.255 e. The molecule has 6 heteroatoms. The number of hydrogen-bond donors (Lipinski definition) is 1. The number of amides is 1. The highest BCUT2D eigenvalue weighted by molar-refractivity contribution is 14.1. The van der Waals surface area contributed by atoms with Gasteiger partial charge in [0.05, 0.1) is 10.6 Å². The first-order valence-corrected chi connectivity index (χ1v) is 10.6. The average Bonchev–Trinajstić information content (AvgIpc) is 2.64. The van der Waals surface area contributed by atoms with Crippen LogP contribution < -0.4 is 5.32 Å². The van der Waals surface area contributed by atoms with Crippen LogP contribution >= 0.6 is 22.6 Å². The minimum atomic E-state index is -3.40. The monoisotopic (exact) mass is 477 g/mol. The predicted octanol–water partition coefficient (Wildman–Crippen LogP) is 4.52. The van der Waals surface area contributed by atoms with Crippen LogP contribution in [0, 0.1) is 3.57 Å². The van der Waals surface area contributed by atoms with Gasteiger partial charge in [0.2, 0.25) is 0 Å². The number of carbonyl (C=O) groups excluding carboxylic acids is 1. The predicted molar refractivity (Wildman–Crippen MR) is 111 cm³/mol. The molecular weight excluding hydrogens is 461 g/mol. The summed E-state index contributed by atoms with van der Waals surface area (Å²) in [7, 11) is -3.40. The zero-order valence-electron chi connectivity index (χ0n) is 13.7. The third kappa shape index (κ3) is 4.70. The molecule has 0 aliphatic carbocycles. The topological polar surface area (TPSA) is 63.2 Å². The van der Waals surface area contributed by atoms with E-state index in [0.29, 0.717) is 21.7 Å². The van der Waals surface area contributed by atoms with Crippen LogP contribution in [0.5, 0.6) is 0 Å². The standard InChI is InChI=1S/C20H16INO3S/c21-17-10-12-18(13-11-17)22-20(23)16-8-6-15(7-9-16)14-26(24,25)19-4-2-1-3-5-19/h1-13H,14H2,(H,22,23). The molecule has 0 atom stereocenters. The molecule has 3 aromatic rings. The van der Waals surface area contributed by atoms with Crippen molar-refractivity contribution in [1.29, 1.82) is 0 Å². The summed E-state index contributed by atoms with van der Waals surface area (Å²) < 4.78 is 25.9. The van der Waals surface area contributed by atoms with E-state index in [-0.39, 0.29) is 11.7 Å². The molecule has 0 unspecified atom stereocenters. The Morgan fingerprint density at radius 3 is 2.08 bits per heavy atom. The number of anilines is 1. The molecule has 0 fully saturated rings. The second kappa shape index (κ2) is 8.01. The van der Waals surface area contributed by atoms with E-state index in [1.807, 2.05) is 24.3 Å². The first kappa shape index (κ1) is 18.6. The van der Waals surface area contributed by atoms with Gasteiger partial charge in [-0.3, -0.25) is 4.79 Å². The fourth-order valence-electron chi connectivity index (χ4n) is 2.42. The molecule has 0 heterocycles. The van der Waals surface area contributed by atoms with E-state index < -0.39 is 9.84 Å². The van der Waals surface area contributed by atoms with Crippen LogP contribution in [-0.4, -0.2) is 14.3 Å². The van der Waals surface area contributed by atoms with Crippen LogP contribution in [0.1, 0.15) is 15.9 Å². The van der Waals surface area contributed by atoms with Crippen LogP contribution in [0.2, 0.25) is 0 Å². The lowest BCUT2D eigenvalue weighted by Crippen LogP contribution is -2.12. The normalized spacial score (nSPS) is 11.1. The van der Waals surface area contributed by atoms with E-state index in [2.05, 4.69) is 27.9 Å². The Bertz CT molecular complexity index is 999. The van der Waals surface area contributed by atoms with Gasteiger partial charge in [-0.15, -0.1) is 0 Å². The van der Waals surface area contributed by atoms with Crippen molar-refractivity contribution in [3.8, 4) is 0 Å². The van der Waals surface area contributed by atoms with Crippen LogP contribution in [-0.2, 0) is 15.6 Å². The van der Waals surface area contributed by atoms with Crippen molar-refractivity contribution in [3.05, 3.63) is 93.6 Å². The van der Waals surface area contributed by atoms with Gasteiger partial charge in [-0.1, -0.05) is 30.3 Å². The first-order chi connectivity index (χ1) is 12.4.